The van der Waals surface area contributed by atoms with Crippen molar-refractivity contribution < 1.29 is 14.7 Å². The molecule has 1 aromatic rings. The third kappa shape index (κ3) is 2.93. The molecule has 22 heavy (non-hydrogen) atoms. The van der Waals surface area contributed by atoms with Gasteiger partial charge in [0.2, 0.25) is 5.91 Å². The van der Waals surface area contributed by atoms with Crippen molar-refractivity contribution in [1.29, 1.82) is 0 Å². The Bertz CT molecular complexity index is 597. The highest BCUT2D eigenvalue weighted by Crippen LogP contribution is 2.26. The molecular weight excluding hydrogens is 327 g/mol. The number of carbonyl (C=O) groups excluding carboxylic acids is 2. The fourth-order valence-electron chi connectivity index (χ4n) is 2.96. The number of rotatable bonds is 2. The highest BCUT2D eigenvalue weighted by atomic mass is 35.5. The van der Waals surface area contributed by atoms with Gasteiger partial charge in [-0.1, -0.05) is 23.2 Å². The summed E-state index contributed by atoms with van der Waals surface area (Å²) in [6.45, 7) is 1.23. The number of likely N-dealkylation sites (tertiary alicyclic amines) is 2. The van der Waals surface area contributed by atoms with Crippen molar-refractivity contribution in [2.45, 2.75) is 25.0 Å². The Morgan fingerprint density at radius 2 is 1.77 bits per heavy atom. The summed E-state index contributed by atoms with van der Waals surface area (Å²) < 4.78 is 0. The van der Waals surface area contributed by atoms with Crippen LogP contribution in [0, 0.1) is 0 Å². The standard InChI is InChI=1S/C15H16Cl2N2O3/c16-10-4-9(5-11(17)6-10)14(21)19-3-1-2-13(19)15(22)18-7-12(20)8-18/h4-6,12-13,20H,1-3,7-8H2. The lowest BCUT2D eigenvalue weighted by molar-refractivity contribution is -0.145. The van der Waals surface area contributed by atoms with Gasteiger partial charge in [0.25, 0.3) is 5.91 Å². The third-order valence-electron chi connectivity index (χ3n) is 4.08. The molecule has 1 atom stereocenters. The van der Waals surface area contributed by atoms with Gasteiger partial charge in [0, 0.05) is 35.2 Å². The minimum atomic E-state index is -0.460. The van der Waals surface area contributed by atoms with Gasteiger partial charge in [0.1, 0.15) is 6.04 Å². The van der Waals surface area contributed by atoms with Gasteiger partial charge < -0.3 is 14.9 Å². The van der Waals surface area contributed by atoms with Gasteiger partial charge >= 0.3 is 0 Å². The minimum Gasteiger partial charge on any atom is -0.389 e. The summed E-state index contributed by atoms with van der Waals surface area (Å²) in [5.41, 5.74) is 0.390. The molecule has 118 valence electrons. The first-order valence-electron chi connectivity index (χ1n) is 7.19. The molecule has 2 aliphatic heterocycles. The van der Waals surface area contributed by atoms with E-state index in [1.807, 2.05) is 0 Å². The molecule has 0 aliphatic carbocycles. The lowest BCUT2D eigenvalue weighted by atomic mass is 10.1. The van der Waals surface area contributed by atoms with Crippen LogP contribution in [0.3, 0.4) is 0 Å². The summed E-state index contributed by atoms with van der Waals surface area (Å²) in [6.07, 6.45) is 0.986. The zero-order valence-corrected chi connectivity index (χ0v) is 13.3. The molecule has 0 radical (unpaired) electrons. The fraction of sp³-hybridized carbons (Fsp3) is 0.467. The molecule has 1 N–H and O–H groups in total. The summed E-state index contributed by atoms with van der Waals surface area (Å²) in [6, 6.07) is 4.22. The first-order valence-corrected chi connectivity index (χ1v) is 7.95. The van der Waals surface area contributed by atoms with Gasteiger partial charge in [-0.3, -0.25) is 9.59 Å². The maximum Gasteiger partial charge on any atom is 0.254 e. The van der Waals surface area contributed by atoms with Crippen LogP contribution in [-0.2, 0) is 4.79 Å². The smallest absolute Gasteiger partial charge is 0.254 e. The van der Waals surface area contributed by atoms with Gasteiger partial charge in [0.15, 0.2) is 0 Å². The molecule has 3 rings (SSSR count). The number of aliphatic hydroxyl groups excluding tert-OH is 1. The Hall–Kier alpha value is -1.30. The Kier molecular flexibility index (Phi) is 4.30. The van der Waals surface area contributed by atoms with Crippen molar-refractivity contribution >= 4 is 35.0 Å². The number of hydrogen-bond donors (Lipinski definition) is 1. The van der Waals surface area contributed by atoms with Crippen LogP contribution in [0.25, 0.3) is 0 Å². The van der Waals surface area contributed by atoms with E-state index in [-0.39, 0.29) is 11.8 Å². The van der Waals surface area contributed by atoms with Crippen LogP contribution in [0.4, 0.5) is 0 Å². The van der Waals surface area contributed by atoms with E-state index in [0.717, 1.165) is 6.42 Å². The molecular formula is C15H16Cl2N2O3. The quantitative estimate of drug-likeness (QED) is 0.891. The Morgan fingerprint density at radius 1 is 1.14 bits per heavy atom. The summed E-state index contributed by atoms with van der Waals surface area (Å²) in [4.78, 5) is 28.2. The van der Waals surface area contributed by atoms with Crippen molar-refractivity contribution in [3.8, 4) is 0 Å². The van der Waals surface area contributed by atoms with E-state index in [1.54, 1.807) is 28.0 Å². The molecule has 2 amide bonds. The normalized spacial score (nSPS) is 21.9. The number of halogens is 2. The number of benzene rings is 1. The van der Waals surface area contributed by atoms with Crippen molar-refractivity contribution in [2.75, 3.05) is 19.6 Å². The van der Waals surface area contributed by atoms with Crippen molar-refractivity contribution in [1.82, 2.24) is 9.80 Å². The van der Waals surface area contributed by atoms with Gasteiger partial charge in [-0.15, -0.1) is 0 Å². The van der Waals surface area contributed by atoms with Crippen LogP contribution in [0.5, 0.6) is 0 Å². The second-order valence-electron chi connectivity index (χ2n) is 5.71. The first-order chi connectivity index (χ1) is 10.5. The fourth-order valence-corrected chi connectivity index (χ4v) is 3.48. The number of β-amino-alcohol motifs (C(OH)–C–C–N with tert-alkyl or cyclic N) is 1. The Morgan fingerprint density at radius 3 is 2.36 bits per heavy atom. The second-order valence-corrected chi connectivity index (χ2v) is 6.58. The summed E-state index contributed by atoms with van der Waals surface area (Å²) in [5, 5.41) is 10.1. The average Bonchev–Trinajstić information content (AvgIpc) is 2.90. The molecule has 2 saturated heterocycles. The maximum absolute atomic E-state index is 12.6. The Labute approximate surface area is 138 Å². The largest absolute Gasteiger partial charge is 0.389 e. The SMILES string of the molecule is O=C(C1CCCN1C(=O)c1cc(Cl)cc(Cl)c1)N1CC(O)C1. The van der Waals surface area contributed by atoms with Crippen molar-refractivity contribution in [2.24, 2.45) is 0 Å². The van der Waals surface area contributed by atoms with E-state index in [4.69, 9.17) is 23.2 Å². The molecule has 2 fully saturated rings. The van der Waals surface area contributed by atoms with Crippen LogP contribution < -0.4 is 0 Å². The third-order valence-corrected chi connectivity index (χ3v) is 4.52. The Balaban J connectivity index is 1.77. The van der Waals surface area contributed by atoms with Gasteiger partial charge in [0.05, 0.1) is 6.10 Å². The number of amides is 2. The van der Waals surface area contributed by atoms with E-state index >= 15 is 0 Å². The van der Waals surface area contributed by atoms with Crippen LogP contribution in [0.15, 0.2) is 18.2 Å². The molecule has 2 aliphatic rings. The topological polar surface area (TPSA) is 60.9 Å². The van der Waals surface area contributed by atoms with E-state index in [2.05, 4.69) is 0 Å². The van der Waals surface area contributed by atoms with Crippen LogP contribution >= 0.6 is 23.2 Å². The lowest BCUT2D eigenvalue weighted by Crippen LogP contribution is -2.58. The van der Waals surface area contributed by atoms with Crippen LogP contribution in [-0.4, -0.2) is 58.5 Å². The van der Waals surface area contributed by atoms with Crippen molar-refractivity contribution in [3.63, 3.8) is 0 Å². The first kappa shape index (κ1) is 15.6. The number of nitrogens with zero attached hydrogens (tertiary/aromatic N) is 2. The molecule has 1 unspecified atom stereocenters. The predicted octanol–water partition coefficient (Wildman–Crippen LogP) is 1.80. The predicted molar refractivity (Wildman–Crippen MR) is 83.1 cm³/mol. The number of aliphatic hydroxyl groups is 1. The van der Waals surface area contributed by atoms with Gasteiger partial charge in [-0.25, -0.2) is 0 Å². The summed E-state index contributed by atoms with van der Waals surface area (Å²) in [5.74, 6) is -0.328. The van der Waals surface area contributed by atoms with E-state index in [1.165, 1.54) is 0 Å². The number of hydrogen-bond acceptors (Lipinski definition) is 3. The highest BCUT2D eigenvalue weighted by molar-refractivity contribution is 6.35. The van der Waals surface area contributed by atoms with Crippen molar-refractivity contribution in [3.05, 3.63) is 33.8 Å². The summed E-state index contributed by atoms with van der Waals surface area (Å²) >= 11 is 11.9. The van der Waals surface area contributed by atoms with Gasteiger partial charge in [-0.2, -0.15) is 0 Å². The van der Waals surface area contributed by atoms with E-state index < -0.39 is 12.1 Å². The van der Waals surface area contributed by atoms with Crippen LogP contribution in [0.2, 0.25) is 10.0 Å². The second kappa shape index (κ2) is 6.07. The molecule has 0 bridgehead atoms. The molecule has 2 heterocycles. The van der Waals surface area contributed by atoms with Crippen LogP contribution in [0.1, 0.15) is 23.2 Å². The highest BCUT2D eigenvalue weighted by Gasteiger charge is 2.40. The number of carbonyl (C=O) groups is 2. The maximum atomic E-state index is 12.6. The zero-order valence-electron chi connectivity index (χ0n) is 11.8. The molecule has 1 aromatic carbocycles. The molecule has 0 aromatic heterocycles. The molecule has 0 saturated carbocycles. The molecule has 0 spiro atoms. The van der Waals surface area contributed by atoms with E-state index in [9.17, 15) is 14.7 Å². The minimum absolute atomic E-state index is 0.0933. The van der Waals surface area contributed by atoms with E-state index in [0.29, 0.717) is 41.7 Å². The molecule has 5 nitrogen and oxygen atoms in total. The lowest BCUT2D eigenvalue weighted by Gasteiger charge is -2.39. The molecule has 7 heteroatoms. The monoisotopic (exact) mass is 342 g/mol. The average molecular weight is 343 g/mol. The zero-order chi connectivity index (χ0) is 15.9. The van der Waals surface area contributed by atoms with Gasteiger partial charge in [-0.05, 0) is 31.0 Å². The summed E-state index contributed by atoms with van der Waals surface area (Å²) in [7, 11) is 0.